The second-order valence-electron chi connectivity index (χ2n) is 3.83. The third-order valence-electron chi connectivity index (χ3n) is 2.43. The smallest absolute Gasteiger partial charge is 0.303 e. The number of thiazole rings is 1. The molecule has 2 atom stereocenters. The van der Waals surface area contributed by atoms with E-state index in [1.54, 1.807) is 17.5 Å². The third kappa shape index (κ3) is 4.28. The van der Waals surface area contributed by atoms with Crippen molar-refractivity contribution in [1.82, 2.24) is 10.3 Å². The van der Waals surface area contributed by atoms with Crippen molar-refractivity contribution in [3.05, 3.63) is 16.6 Å². The number of carbonyl (C=O) groups is 1. The Morgan fingerprint density at radius 1 is 1.69 bits per heavy atom. The van der Waals surface area contributed by atoms with Gasteiger partial charge in [-0.15, -0.1) is 11.3 Å². The van der Waals surface area contributed by atoms with Crippen molar-refractivity contribution in [2.45, 2.75) is 45.2 Å². The normalized spacial score (nSPS) is 14.6. The van der Waals surface area contributed by atoms with Crippen molar-refractivity contribution in [3.63, 3.8) is 0 Å². The van der Waals surface area contributed by atoms with Crippen LogP contribution in [0.2, 0.25) is 0 Å². The maximum absolute atomic E-state index is 10.4. The number of aliphatic carboxylic acids is 1. The Morgan fingerprint density at radius 2 is 2.44 bits per heavy atom. The highest BCUT2D eigenvalue weighted by Gasteiger charge is 2.15. The van der Waals surface area contributed by atoms with E-state index in [1.165, 1.54) is 0 Å². The quantitative estimate of drug-likeness (QED) is 0.771. The Kier molecular flexibility index (Phi) is 5.42. The van der Waals surface area contributed by atoms with Crippen molar-refractivity contribution in [2.24, 2.45) is 0 Å². The van der Waals surface area contributed by atoms with Crippen LogP contribution in [0.4, 0.5) is 0 Å². The molecule has 2 N–H and O–H groups in total. The van der Waals surface area contributed by atoms with Gasteiger partial charge in [0.15, 0.2) is 0 Å². The molecule has 1 rings (SSSR count). The number of hydrogen-bond acceptors (Lipinski definition) is 4. The molecule has 0 saturated heterocycles. The first kappa shape index (κ1) is 13.1. The summed E-state index contributed by atoms with van der Waals surface area (Å²) in [6.07, 6.45) is 3.62. The first-order valence-corrected chi connectivity index (χ1v) is 6.38. The average Bonchev–Trinajstić information content (AvgIpc) is 2.76. The third-order valence-corrected chi connectivity index (χ3v) is 3.32. The van der Waals surface area contributed by atoms with Crippen LogP contribution >= 0.6 is 11.3 Å². The molecule has 0 spiro atoms. The van der Waals surface area contributed by atoms with Gasteiger partial charge in [0.25, 0.3) is 0 Å². The molecule has 0 fully saturated rings. The van der Waals surface area contributed by atoms with Crippen LogP contribution in [0, 0.1) is 0 Å². The monoisotopic (exact) mass is 242 g/mol. The van der Waals surface area contributed by atoms with E-state index in [2.05, 4.69) is 17.2 Å². The minimum absolute atomic E-state index is 0.199. The van der Waals surface area contributed by atoms with Crippen LogP contribution in [0.5, 0.6) is 0 Å². The lowest BCUT2D eigenvalue weighted by molar-refractivity contribution is -0.137. The van der Waals surface area contributed by atoms with Gasteiger partial charge in [0, 0.05) is 24.0 Å². The summed E-state index contributed by atoms with van der Waals surface area (Å²) < 4.78 is 0. The number of hydrogen-bond donors (Lipinski definition) is 2. The summed E-state index contributed by atoms with van der Waals surface area (Å²) in [6, 6.07) is 0.439. The van der Waals surface area contributed by atoms with E-state index in [0.29, 0.717) is 6.42 Å². The van der Waals surface area contributed by atoms with Crippen LogP contribution in [-0.2, 0) is 4.79 Å². The van der Waals surface area contributed by atoms with Gasteiger partial charge in [-0.1, -0.05) is 6.92 Å². The predicted octanol–water partition coefficient (Wildman–Crippen LogP) is 2.44. The van der Waals surface area contributed by atoms with Crippen LogP contribution < -0.4 is 5.32 Å². The molecule has 5 heteroatoms. The topological polar surface area (TPSA) is 62.2 Å². The largest absolute Gasteiger partial charge is 0.481 e. The molecule has 0 aliphatic rings. The zero-order valence-corrected chi connectivity index (χ0v) is 10.5. The lowest BCUT2D eigenvalue weighted by atomic mass is 10.1. The van der Waals surface area contributed by atoms with Gasteiger partial charge in [-0.05, 0) is 19.8 Å². The van der Waals surface area contributed by atoms with Crippen LogP contribution in [0.15, 0.2) is 11.6 Å². The van der Waals surface area contributed by atoms with Crippen LogP contribution in [-0.4, -0.2) is 22.1 Å². The van der Waals surface area contributed by atoms with Gasteiger partial charge in [-0.3, -0.25) is 4.79 Å². The Balaban J connectivity index is 2.41. The Hall–Kier alpha value is -0.940. The van der Waals surface area contributed by atoms with E-state index >= 15 is 0 Å². The van der Waals surface area contributed by atoms with E-state index in [1.807, 2.05) is 12.3 Å². The Morgan fingerprint density at radius 3 is 2.94 bits per heavy atom. The van der Waals surface area contributed by atoms with Gasteiger partial charge in [-0.2, -0.15) is 0 Å². The fourth-order valence-corrected chi connectivity index (χ4v) is 2.32. The molecule has 0 aliphatic heterocycles. The Labute approximate surface area is 99.7 Å². The molecule has 0 radical (unpaired) electrons. The van der Waals surface area contributed by atoms with E-state index in [-0.39, 0.29) is 18.5 Å². The van der Waals surface area contributed by atoms with Crippen molar-refractivity contribution in [1.29, 1.82) is 0 Å². The summed E-state index contributed by atoms with van der Waals surface area (Å²) in [6.45, 7) is 4.11. The lowest BCUT2D eigenvalue weighted by Gasteiger charge is -2.20. The maximum atomic E-state index is 10.4. The Bertz CT molecular complexity index is 314. The molecule has 1 aromatic rings. The predicted molar refractivity (Wildman–Crippen MR) is 64.6 cm³/mol. The molecule has 90 valence electrons. The summed E-state index contributed by atoms with van der Waals surface area (Å²) in [5.41, 5.74) is 0. The van der Waals surface area contributed by atoms with Gasteiger partial charge in [0.2, 0.25) is 0 Å². The van der Waals surface area contributed by atoms with Crippen molar-refractivity contribution in [2.75, 3.05) is 0 Å². The second-order valence-corrected chi connectivity index (χ2v) is 4.76. The minimum atomic E-state index is -0.740. The van der Waals surface area contributed by atoms with Crippen LogP contribution in [0.3, 0.4) is 0 Å². The minimum Gasteiger partial charge on any atom is -0.481 e. The fourth-order valence-electron chi connectivity index (χ4n) is 1.54. The van der Waals surface area contributed by atoms with Crippen molar-refractivity contribution < 1.29 is 9.90 Å². The number of aromatic nitrogens is 1. The van der Waals surface area contributed by atoms with Gasteiger partial charge < -0.3 is 10.4 Å². The molecule has 2 unspecified atom stereocenters. The molecule has 1 aromatic heterocycles. The van der Waals surface area contributed by atoms with E-state index in [0.717, 1.165) is 11.4 Å². The molecule has 0 aliphatic carbocycles. The molecule has 1 heterocycles. The summed E-state index contributed by atoms with van der Waals surface area (Å²) in [5, 5.41) is 15.0. The second kappa shape index (κ2) is 6.60. The summed E-state index contributed by atoms with van der Waals surface area (Å²) in [5.74, 6) is -0.740. The van der Waals surface area contributed by atoms with Gasteiger partial charge in [0.05, 0.1) is 6.04 Å². The van der Waals surface area contributed by atoms with Crippen LogP contribution in [0.25, 0.3) is 0 Å². The highest BCUT2D eigenvalue weighted by molar-refractivity contribution is 7.09. The highest BCUT2D eigenvalue weighted by atomic mass is 32.1. The number of carboxylic acids is 1. The molecule has 0 bridgehead atoms. The number of nitrogens with zero attached hydrogens (tertiary/aromatic N) is 1. The first-order valence-electron chi connectivity index (χ1n) is 5.50. The number of rotatable bonds is 7. The zero-order valence-electron chi connectivity index (χ0n) is 9.64. The average molecular weight is 242 g/mol. The molecule has 0 aromatic carbocycles. The molecule has 16 heavy (non-hydrogen) atoms. The molecular formula is C11H18N2O2S. The van der Waals surface area contributed by atoms with Crippen molar-refractivity contribution in [3.8, 4) is 0 Å². The molecule has 0 saturated carbocycles. The number of nitrogens with one attached hydrogen (secondary N) is 1. The standard InChI is InChI=1S/C11H18N2O2S/c1-3-9(11-12-6-7-16-11)13-8(2)4-5-10(14)15/h6-9,13H,3-5H2,1-2H3,(H,14,15). The summed E-state index contributed by atoms with van der Waals surface area (Å²) in [7, 11) is 0. The van der Waals surface area contributed by atoms with Crippen molar-refractivity contribution >= 4 is 17.3 Å². The maximum Gasteiger partial charge on any atom is 0.303 e. The van der Waals surface area contributed by atoms with Gasteiger partial charge in [0.1, 0.15) is 5.01 Å². The summed E-state index contributed by atoms with van der Waals surface area (Å²) >= 11 is 1.63. The van der Waals surface area contributed by atoms with Crippen LogP contribution in [0.1, 0.15) is 44.2 Å². The zero-order chi connectivity index (χ0) is 12.0. The van der Waals surface area contributed by atoms with E-state index in [9.17, 15) is 4.79 Å². The molecule has 0 amide bonds. The SMILES string of the molecule is CCC(NC(C)CCC(=O)O)c1nccs1. The molecular weight excluding hydrogens is 224 g/mol. The number of carboxylic acid groups (broad SMARTS) is 1. The fraction of sp³-hybridized carbons (Fsp3) is 0.636. The lowest BCUT2D eigenvalue weighted by Crippen LogP contribution is -2.30. The molecule has 4 nitrogen and oxygen atoms in total. The van der Waals surface area contributed by atoms with Gasteiger partial charge in [-0.25, -0.2) is 4.98 Å². The highest BCUT2D eigenvalue weighted by Crippen LogP contribution is 2.19. The summed E-state index contributed by atoms with van der Waals surface area (Å²) in [4.78, 5) is 14.7. The van der Waals surface area contributed by atoms with E-state index in [4.69, 9.17) is 5.11 Å². The van der Waals surface area contributed by atoms with E-state index < -0.39 is 5.97 Å². The van der Waals surface area contributed by atoms with Gasteiger partial charge >= 0.3 is 5.97 Å². The first-order chi connectivity index (χ1) is 7.63.